The van der Waals surface area contributed by atoms with Crippen molar-refractivity contribution in [2.45, 2.75) is 34.1 Å². The first kappa shape index (κ1) is 19.5. The molecule has 0 atom stereocenters. The number of benzene rings is 2. The van der Waals surface area contributed by atoms with Crippen LogP contribution in [0, 0.1) is 13.8 Å². The molecule has 0 fully saturated rings. The summed E-state index contributed by atoms with van der Waals surface area (Å²) >= 11 is 0. The Hall–Kier alpha value is -2.82. The van der Waals surface area contributed by atoms with Gasteiger partial charge in [-0.05, 0) is 63.6 Å². The normalized spacial score (nSPS) is 10.3. The van der Waals surface area contributed by atoms with Crippen LogP contribution >= 0.6 is 0 Å². The van der Waals surface area contributed by atoms with Gasteiger partial charge in [0.2, 0.25) is 11.8 Å². The van der Waals surface area contributed by atoms with Gasteiger partial charge in [-0.3, -0.25) is 9.59 Å². The van der Waals surface area contributed by atoms with Crippen molar-refractivity contribution in [2.75, 3.05) is 28.6 Å². The molecule has 2 rings (SSSR count). The van der Waals surface area contributed by atoms with E-state index in [1.807, 2.05) is 56.3 Å². The van der Waals surface area contributed by atoms with Crippen LogP contribution in [0.3, 0.4) is 0 Å². The third-order valence-electron chi connectivity index (χ3n) is 4.26. The smallest absolute Gasteiger partial charge is 0.233 e. The topological polar surface area (TPSA) is 61.4 Å². The van der Waals surface area contributed by atoms with Crippen molar-refractivity contribution in [3.8, 4) is 0 Å². The molecule has 0 aliphatic carbocycles. The van der Waals surface area contributed by atoms with Crippen LogP contribution in [0.25, 0.3) is 0 Å². The van der Waals surface area contributed by atoms with Crippen molar-refractivity contribution in [3.63, 3.8) is 0 Å². The van der Waals surface area contributed by atoms with Crippen LogP contribution in [0.2, 0.25) is 0 Å². The van der Waals surface area contributed by atoms with Crippen LogP contribution in [0.15, 0.2) is 42.5 Å². The molecule has 2 N–H and O–H groups in total. The number of nitrogens with zero attached hydrogens (tertiary/aromatic N) is 1. The molecule has 0 bridgehead atoms. The maximum absolute atomic E-state index is 12.1. The highest BCUT2D eigenvalue weighted by molar-refractivity contribution is 6.08. The van der Waals surface area contributed by atoms with Crippen LogP contribution in [0.1, 0.15) is 31.4 Å². The monoisotopic (exact) mass is 353 g/mol. The predicted molar refractivity (Wildman–Crippen MR) is 108 cm³/mol. The Labute approximate surface area is 155 Å². The molecule has 2 amide bonds. The minimum absolute atomic E-state index is 0.217. The van der Waals surface area contributed by atoms with Crippen molar-refractivity contribution in [2.24, 2.45) is 0 Å². The maximum Gasteiger partial charge on any atom is 0.233 e. The van der Waals surface area contributed by atoms with E-state index in [-0.39, 0.29) is 18.2 Å². The first-order valence-electron chi connectivity index (χ1n) is 8.95. The zero-order valence-corrected chi connectivity index (χ0v) is 15.9. The van der Waals surface area contributed by atoms with Gasteiger partial charge in [0.1, 0.15) is 6.42 Å². The second-order valence-electron chi connectivity index (χ2n) is 6.31. The van der Waals surface area contributed by atoms with Crippen LogP contribution in [0.4, 0.5) is 17.1 Å². The molecule has 0 saturated heterocycles. The van der Waals surface area contributed by atoms with E-state index in [4.69, 9.17) is 0 Å². The van der Waals surface area contributed by atoms with Gasteiger partial charge < -0.3 is 15.5 Å². The lowest BCUT2D eigenvalue weighted by Gasteiger charge is -2.21. The number of aryl methyl sites for hydroxylation is 2. The average Bonchev–Trinajstić information content (AvgIpc) is 2.60. The number of rotatable bonds is 7. The molecule has 2 aromatic rings. The van der Waals surface area contributed by atoms with Crippen molar-refractivity contribution in [3.05, 3.63) is 53.6 Å². The summed E-state index contributed by atoms with van der Waals surface area (Å²) in [6.45, 7) is 10.0. The van der Waals surface area contributed by atoms with Crippen LogP contribution < -0.4 is 15.5 Å². The molecule has 5 nitrogen and oxygen atoms in total. The molecule has 0 aliphatic rings. The highest BCUT2D eigenvalue weighted by Gasteiger charge is 2.11. The number of carbonyl (C=O) groups is 2. The van der Waals surface area contributed by atoms with E-state index < -0.39 is 0 Å². The van der Waals surface area contributed by atoms with Gasteiger partial charge in [0.05, 0.1) is 0 Å². The van der Waals surface area contributed by atoms with E-state index in [1.165, 1.54) is 0 Å². The van der Waals surface area contributed by atoms with Crippen LogP contribution in [0.5, 0.6) is 0 Å². The zero-order chi connectivity index (χ0) is 19.1. The van der Waals surface area contributed by atoms with Crippen LogP contribution in [-0.2, 0) is 9.59 Å². The maximum atomic E-state index is 12.1. The van der Waals surface area contributed by atoms with Crippen LogP contribution in [-0.4, -0.2) is 24.9 Å². The SMILES string of the molecule is CCN(CC)c1ccc(NC(=O)CC(=O)Nc2ccc(C)cc2C)cc1. The molecule has 0 aliphatic heterocycles. The van der Waals surface area contributed by atoms with Crippen molar-refractivity contribution in [1.29, 1.82) is 0 Å². The molecule has 0 spiro atoms. The van der Waals surface area contributed by atoms with Crippen molar-refractivity contribution >= 4 is 28.9 Å². The summed E-state index contributed by atoms with van der Waals surface area (Å²) in [6, 6.07) is 13.4. The number of nitrogens with one attached hydrogen (secondary N) is 2. The number of hydrogen-bond acceptors (Lipinski definition) is 3. The predicted octanol–water partition coefficient (Wildman–Crippen LogP) is 4.12. The van der Waals surface area contributed by atoms with E-state index in [9.17, 15) is 9.59 Å². The summed E-state index contributed by atoms with van der Waals surface area (Å²) in [5, 5.41) is 5.55. The third-order valence-corrected chi connectivity index (χ3v) is 4.26. The van der Waals surface area contributed by atoms with Gasteiger partial charge in [-0.2, -0.15) is 0 Å². The molecule has 5 heteroatoms. The minimum Gasteiger partial charge on any atom is -0.372 e. The van der Waals surface area contributed by atoms with Gasteiger partial charge in [-0.15, -0.1) is 0 Å². The molecule has 26 heavy (non-hydrogen) atoms. The standard InChI is InChI=1S/C21H27N3O2/c1-5-24(6-2)18-10-8-17(9-11-18)22-20(25)14-21(26)23-19-12-7-15(3)13-16(19)4/h7-13H,5-6,14H2,1-4H3,(H,22,25)(H,23,26). The minimum atomic E-state index is -0.331. The molecule has 0 radical (unpaired) electrons. The van der Waals surface area contributed by atoms with Gasteiger partial charge in [-0.25, -0.2) is 0 Å². The second-order valence-corrected chi connectivity index (χ2v) is 6.31. The lowest BCUT2D eigenvalue weighted by molar-refractivity contribution is -0.123. The van der Waals surface area contributed by atoms with E-state index in [2.05, 4.69) is 29.4 Å². The largest absolute Gasteiger partial charge is 0.372 e. The highest BCUT2D eigenvalue weighted by Crippen LogP contribution is 2.18. The van der Waals surface area contributed by atoms with Crippen molar-refractivity contribution < 1.29 is 9.59 Å². The fraction of sp³-hybridized carbons (Fsp3) is 0.333. The Morgan fingerprint density at radius 3 is 2.08 bits per heavy atom. The molecule has 2 aromatic carbocycles. The molecule has 138 valence electrons. The summed E-state index contributed by atoms with van der Waals surface area (Å²) in [5.74, 6) is -0.655. The fourth-order valence-corrected chi connectivity index (χ4v) is 2.84. The Morgan fingerprint density at radius 2 is 1.50 bits per heavy atom. The zero-order valence-electron chi connectivity index (χ0n) is 15.9. The van der Waals surface area contributed by atoms with Gasteiger partial charge in [-0.1, -0.05) is 17.7 Å². The van der Waals surface area contributed by atoms with E-state index in [0.717, 1.165) is 35.6 Å². The van der Waals surface area contributed by atoms with E-state index in [1.54, 1.807) is 0 Å². The lowest BCUT2D eigenvalue weighted by Crippen LogP contribution is -2.22. The number of hydrogen-bond donors (Lipinski definition) is 2. The summed E-state index contributed by atoms with van der Waals surface area (Å²) in [6.07, 6.45) is -0.217. The molecule has 0 heterocycles. The van der Waals surface area contributed by atoms with Gasteiger partial charge >= 0.3 is 0 Å². The van der Waals surface area contributed by atoms with E-state index in [0.29, 0.717) is 5.69 Å². The molecule has 0 unspecified atom stereocenters. The van der Waals surface area contributed by atoms with Gasteiger partial charge in [0, 0.05) is 30.2 Å². The molecular weight excluding hydrogens is 326 g/mol. The fourth-order valence-electron chi connectivity index (χ4n) is 2.84. The summed E-state index contributed by atoms with van der Waals surface area (Å²) in [4.78, 5) is 26.4. The summed E-state index contributed by atoms with van der Waals surface area (Å²) < 4.78 is 0. The van der Waals surface area contributed by atoms with E-state index >= 15 is 0 Å². The number of carbonyl (C=O) groups excluding carboxylic acids is 2. The Kier molecular flexibility index (Phi) is 6.78. The average molecular weight is 353 g/mol. The second kappa shape index (κ2) is 9.04. The molecule has 0 aromatic heterocycles. The third kappa shape index (κ3) is 5.34. The Balaban J connectivity index is 1.90. The number of anilines is 3. The van der Waals surface area contributed by atoms with Crippen molar-refractivity contribution in [1.82, 2.24) is 0 Å². The van der Waals surface area contributed by atoms with Gasteiger partial charge in [0.25, 0.3) is 0 Å². The van der Waals surface area contributed by atoms with Gasteiger partial charge in [0.15, 0.2) is 0 Å². The molecular formula is C21H27N3O2. The first-order valence-corrected chi connectivity index (χ1v) is 8.95. The first-order chi connectivity index (χ1) is 12.4. The highest BCUT2D eigenvalue weighted by atomic mass is 16.2. The quantitative estimate of drug-likeness (QED) is 0.736. The molecule has 0 saturated carbocycles. The lowest BCUT2D eigenvalue weighted by atomic mass is 10.1. The summed E-state index contributed by atoms with van der Waals surface area (Å²) in [7, 11) is 0. The summed E-state index contributed by atoms with van der Waals surface area (Å²) in [5.41, 5.74) is 4.64. The Morgan fingerprint density at radius 1 is 0.885 bits per heavy atom. The Bertz CT molecular complexity index is 765. The number of amides is 2.